The standard InChI is InChI=1S/C11H11ClO4S/c1-5(12)9(13)6-2-3-7(8(17)4-6)10(14)11(15)16/h2-5,10,14,17H,1H3,(H,15,16). The Bertz CT molecular complexity index is 459. The Kier molecular flexibility index (Phi) is 4.56. The van der Waals surface area contributed by atoms with Gasteiger partial charge in [0, 0.05) is 16.0 Å². The summed E-state index contributed by atoms with van der Waals surface area (Å²) in [4.78, 5) is 22.4. The molecule has 0 saturated carbocycles. The van der Waals surface area contributed by atoms with Crippen molar-refractivity contribution in [3.63, 3.8) is 0 Å². The van der Waals surface area contributed by atoms with E-state index < -0.39 is 17.5 Å². The van der Waals surface area contributed by atoms with Crippen molar-refractivity contribution < 1.29 is 19.8 Å². The van der Waals surface area contributed by atoms with Crippen LogP contribution in [0.4, 0.5) is 0 Å². The SMILES string of the molecule is CC(Cl)C(=O)c1ccc(C(O)C(=O)O)c(S)c1. The number of carboxylic acids is 1. The zero-order chi connectivity index (χ0) is 13.2. The van der Waals surface area contributed by atoms with Crippen molar-refractivity contribution in [1.82, 2.24) is 0 Å². The highest BCUT2D eigenvalue weighted by atomic mass is 35.5. The molecule has 1 aromatic carbocycles. The van der Waals surface area contributed by atoms with E-state index in [-0.39, 0.29) is 16.2 Å². The lowest BCUT2D eigenvalue weighted by Gasteiger charge is -2.10. The number of rotatable bonds is 4. The summed E-state index contributed by atoms with van der Waals surface area (Å²) in [5.41, 5.74) is 0.471. The number of alkyl halides is 1. The number of Topliss-reactive ketones (excluding diaryl/α,β-unsaturated/α-hetero) is 1. The number of aliphatic carboxylic acids is 1. The molecule has 0 fully saturated rings. The van der Waals surface area contributed by atoms with Crippen molar-refractivity contribution in [3.8, 4) is 0 Å². The first-order valence-corrected chi connectivity index (χ1v) is 5.65. The molecule has 0 aliphatic carbocycles. The molecule has 2 atom stereocenters. The molecule has 0 heterocycles. The molecule has 17 heavy (non-hydrogen) atoms. The van der Waals surface area contributed by atoms with Gasteiger partial charge in [0.25, 0.3) is 0 Å². The van der Waals surface area contributed by atoms with Crippen molar-refractivity contribution in [3.05, 3.63) is 29.3 Å². The third-order valence-corrected chi connectivity index (χ3v) is 2.79. The minimum Gasteiger partial charge on any atom is -0.479 e. The van der Waals surface area contributed by atoms with Crippen LogP contribution in [0, 0.1) is 0 Å². The Morgan fingerprint density at radius 1 is 1.41 bits per heavy atom. The van der Waals surface area contributed by atoms with Crippen LogP contribution in [0.1, 0.15) is 28.9 Å². The van der Waals surface area contributed by atoms with E-state index in [1.807, 2.05) is 0 Å². The molecule has 0 amide bonds. The molecule has 1 rings (SSSR count). The van der Waals surface area contributed by atoms with Crippen molar-refractivity contribution in [2.45, 2.75) is 23.3 Å². The number of aliphatic hydroxyl groups is 1. The molecule has 4 nitrogen and oxygen atoms in total. The molecule has 6 heteroatoms. The number of ketones is 1. The van der Waals surface area contributed by atoms with Gasteiger partial charge in [-0.25, -0.2) is 4.79 Å². The van der Waals surface area contributed by atoms with Crippen LogP contribution in [-0.4, -0.2) is 27.3 Å². The first-order valence-electron chi connectivity index (χ1n) is 4.76. The average molecular weight is 275 g/mol. The van der Waals surface area contributed by atoms with Gasteiger partial charge in [-0.1, -0.05) is 12.1 Å². The Labute approximate surface area is 109 Å². The Balaban J connectivity index is 3.10. The fourth-order valence-electron chi connectivity index (χ4n) is 1.29. The summed E-state index contributed by atoms with van der Waals surface area (Å²) in [6.07, 6.45) is -1.65. The molecular formula is C11H11ClO4S. The van der Waals surface area contributed by atoms with Crippen LogP contribution in [0.15, 0.2) is 23.1 Å². The highest BCUT2D eigenvalue weighted by molar-refractivity contribution is 7.80. The summed E-state index contributed by atoms with van der Waals surface area (Å²) in [6.45, 7) is 1.54. The second-order valence-electron chi connectivity index (χ2n) is 3.49. The summed E-state index contributed by atoms with van der Waals surface area (Å²) < 4.78 is 0. The molecule has 0 aromatic heterocycles. The summed E-state index contributed by atoms with van der Waals surface area (Å²) >= 11 is 9.70. The summed E-state index contributed by atoms with van der Waals surface area (Å²) in [5.74, 6) is -1.65. The van der Waals surface area contributed by atoms with Gasteiger partial charge in [0.05, 0.1) is 5.38 Å². The van der Waals surface area contributed by atoms with Crippen molar-refractivity contribution >= 4 is 36.0 Å². The molecule has 0 aliphatic rings. The van der Waals surface area contributed by atoms with Crippen LogP contribution < -0.4 is 0 Å². The normalized spacial score (nSPS) is 14.1. The largest absolute Gasteiger partial charge is 0.479 e. The van der Waals surface area contributed by atoms with Gasteiger partial charge >= 0.3 is 5.97 Å². The number of hydrogen-bond donors (Lipinski definition) is 3. The quantitative estimate of drug-likeness (QED) is 0.445. The molecule has 92 valence electrons. The van der Waals surface area contributed by atoms with Crippen LogP contribution in [0.2, 0.25) is 0 Å². The summed E-state index contributed by atoms with van der Waals surface area (Å²) in [7, 11) is 0. The first kappa shape index (κ1) is 14.0. The smallest absolute Gasteiger partial charge is 0.337 e. The van der Waals surface area contributed by atoms with Crippen molar-refractivity contribution in [2.75, 3.05) is 0 Å². The lowest BCUT2D eigenvalue weighted by molar-refractivity contribution is -0.147. The first-order chi connectivity index (χ1) is 7.84. The van der Waals surface area contributed by atoms with Gasteiger partial charge in [0.2, 0.25) is 0 Å². The van der Waals surface area contributed by atoms with Gasteiger partial charge in [-0.2, -0.15) is 0 Å². The molecule has 0 spiro atoms. The van der Waals surface area contributed by atoms with E-state index in [4.69, 9.17) is 16.7 Å². The van der Waals surface area contributed by atoms with Gasteiger partial charge < -0.3 is 10.2 Å². The number of thiol groups is 1. The monoisotopic (exact) mass is 274 g/mol. The Morgan fingerprint density at radius 3 is 2.41 bits per heavy atom. The maximum absolute atomic E-state index is 11.6. The minimum atomic E-state index is -1.65. The van der Waals surface area contributed by atoms with Gasteiger partial charge in [-0.05, 0) is 13.0 Å². The van der Waals surface area contributed by atoms with E-state index in [1.165, 1.54) is 18.2 Å². The number of carbonyl (C=O) groups is 2. The van der Waals surface area contributed by atoms with Gasteiger partial charge in [0.1, 0.15) is 0 Å². The summed E-state index contributed by atoms with van der Waals surface area (Å²) in [6, 6.07) is 4.17. The molecule has 2 N–H and O–H groups in total. The fraction of sp³-hybridized carbons (Fsp3) is 0.273. The van der Waals surface area contributed by atoms with E-state index in [2.05, 4.69) is 12.6 Å². The molecule has 2 unspecified atom stereocenters. The number of halogens is 1. The highest BCUT2D eigenvalue weighted by Crippen LogP contribution is 2.24. The molecule has 0 bridgehead atoms. The molecule has 0 saturated heterocycles. The predicted molar refractivity (Wildman–Crippen MR) is 65.9 cm³/mol. The Hall–Kier alpha value is -1.04. The summed E-state index contributed by atoms with van der Waals surface area (Å²) in [5, 5.41) is 17.3. The minimum absolute atomic E-state index is 0.139. The lowest BCUT2D eigenvalue weighted by Crippen LogP contribution is -2.13. The van der Waals surface area contributed by atoms with E-state index >= 15 is 0 Å². The second kappa shape index (κ2) is 5.53. The molecule has 0 radical (unpaired) electrons. The van der Waals surface area contributed by atoms with E-state index in [0.717, 1.165) is 0 Å². The van der Waals surface area contributed by atoms with Crippen molar-refractivity contribution in [2.24, 2.45) is 0 Å². The van der Waals surface area contributed by atoms with Gasteiger partial charge in [-0.3, -0.25) is 4.79 Å². The fourth-order valence-corrected chi connectivity index (χ4v) is 1.75. The predicted octanol–water partition coefficient (Wildman–Crippen LogP) is 1.90. The number of benzene rings is 1. The topological polar surface area (TPSA) is 74.6 Å². The van der Waals surface area contributed by atoms with E-state index in [0.29, 0.717) is 5.56 Å². The van der Waals surface area contributed by atoms with Crippen LogP contribution in [0.5, 0.6) is 0 Å². The molecule has 1 aromatic rings. The van der Waals surface area contributed by atoms with Crippen LogP contribution in [-0.2, 0) is 4.79 Å². The van der Waals surface area contributed by atoms with Gasteiger partial charge in [0.15, 0.2) is 11.9 Å². The lowest BCUT2D eigenvalue weighted by atomic mass is 10.0. The molecular weight excluding hydrogens is 264 g/mol. The second-order valence-corrected chi connectivity index (χ2v) is 4.63. The van der Waals surface area contributed by atoms with E-state index in [9.17, 15) is 14.7 Å². The molecule has 0 aliphatic heterocycles. The van der Waals surface area contributed by atoms with Crippen LogP contribution in [0.3, 0.4) is 0 Å². The maximum atomic E-state index is 11.6. The number of carboxylic acid groups (broad SMARTS) is 1. The third kappa shape index (κ3) is 3.21. The third-order valence-electron chi connectivity index (χ3n) is 2.20. The van der Waals surface area contributed by atoms with Crippen LogP contribution >= 0.6 is 24.2 Å². The Morgan fingerprint density at radius 2 is 2.00 bits per heavy atom. The zero-order valence-corrected chi connectivity index (χ0v) is 10.6. The maximum Gasteiger partial charge on any atom is 0.337 e. The number of hydrogen-bond acceptors (Lipinski definition) is 4. The van der Waals surface area contributed by atoms with E-state index in [1.54, 1.807) is 6.92 Å². The number of carbonyl (C=O) groups excluding carboxylic acids is 1. The highest BCUT2D eigenvalue weighted by Gasteiger charge is 2.20. The average Bonchev–Trinajstić information content (AvgIpc) is 2.26. The zero-order valence-electron chi connectivity index (χ0n) is 8.92. The van der Waals surface area contributed by atoms with Crippen LogP contribution in [0.25, 0.3) is 0 Å². The number of aliphatic hydroxyl groups excluding tert-OH is 1. The van der Waals surface area contributed by atoms with Crippen molar-refractivity contribution in [1.29, 1.82) is 0 Å². The van der Waals surface area contributed by atoms with Gasteiger partial charge in [-0.15, -0.1) is 24.2 Å².